The molecule has 0 bridgehead atoms. The fourth-order valence-electron chi connectivity index (χ4n) is 1.87. The Morgan fingerprint density at radius 3 is 2.35 bits per heavy atom. The van der Waals surface area contributed by atoms with E-state index in [0.29, 0.717) is 17.2 Å². The van der Waals surface area contributed by atoms with Crippen LogP contribution in [0.1, 0.15) is 11.3 Å². The minimum Gasteiger partial charge on any atom is -0.493 e. The number of aliphatic hydroxyl groups excluding tert-OH is 1. The summed E-state index contributed by atoms with van der Waals surface area (Å²) in [5.74, 6) is 1.32. The molecule has 90 valence electrons. The first-order valence-corrected chi connectivity index (χ1v) is 5.32. The number of ether oxygens (including phenoxy) is 2. The summed E-state index contributed by atoms with van der Waals surface area (Å²) in [4.78, 5) is 4.35. The number of benzene rings is 1. The average Bonchev–Trinajstić information content (AvgIpc) is 2.36. The Kier molecular flexibility index (Phi) is 3.15. The number of fused-ring (bicyclic) bond motifs is 1. The number of aromatic nitrogens is 1. The number of hydrogen-bond donors (Lipinski definition) is 1. The van der Waals surface area contributed by atoms with E-state index in [-0.39, 0.29) is 6.61 Å². The van der Waals surface area contributed by atoms with Gasteiger partial charge in [0.2, 0.25) is 0 Å². The second-order valence-corrected chi connectivity index (χ2v) is 3.81. The van der Waals surface area contributed by atoms with Crippen molar-refractivity contribution in [3.63, 3.8) is 0 Å². The number of hydrogen-bond acceptors (Lipinski definition) is 4. The highest BCUT2D eigenvalue weighted by molar-refractivity contribution is 5.85. The van der Waals surface area contributed by atoms with Gasteiger partial charge in [0, 0.05) is 11.5 Å². The first-order valence-electron chi connectivity index (χ1n) is 5.32. The maximum atomic E-state index is 9.13. The highest BCUT2D eigenvalue weighted by Crippen LogP contribution is 2.32. The van der Waals surface area contributed by atoms with Gasteiger partial charge in [0.25, 0.3) is 0 Å². The molecule has 17 heavy (non-hydrogen) atoms. The van der Waals surface area contributed by atoms with Gasteiger partial charge < -0.3 is 14.6 Å². The van der Waals surface area contributed by atoms with E-state index in [1.54, 1.807) is 14.2 Å². The van der Waals surface area contributed by atoms with Crippen LogP contribution in [0, 0.1) is 6.92 Å². The first-order chi connectivity index (χ1) is 8.19. The molecule has 0 aliphatic rings. The van der Waals surface area contributed by atoms with E-state index in [4.69, 9.17) is 14.6 Å². The largest absolute Gasteiger partial charge is 0.493 e. The van der Waals surface area contributed by atoms with Crippen molar-refractivity contribution in [3.8, 4) is 11.5 Å². The standard InChI is InChI=1S/C13H15NO3/c1-8-4-9(7-15)14-11-6-13(17-3)12(16-2)5-10(8)11/h4-6,15H,7H2,1-3H3. The first kappa shape index (κ1) is 11.7. The Morgan fingerprint density at radius 1 is 1.12 bits per heavy atom. The summed E-state index contributed by atoms with van der Waals surface area (Å²) in [6.07, 6.45) is 0. The zero-order chi connectivity index (χ0) is 12.4. The molecule has 0 radical (unpaired) electrons. The van der Waals surface area contributed by atoms with Gasteiger partial charge in [0.05, 0.1) is 32.0 Å². The Balaban J connectivity index is 2.73. The van der Waals surface area contributed by atoms with Crippen molar-refractivity contribution in [2.45, 2.75) is 13.5 Å². The second-order valence-electron chi connectivity index (χ2n) is 3.81. The summed E-state index contributed by atoms with van der Waals surface area (Å²) in [6.45, 7) is 1.92. The molecule has 2 aromatic rings. The van der Waals surface area contributed by atoms with E-state index in [9.17, 15) is 0 Å². The third-order valence-corrected chi connectivity index (χ3v) is 2.74. The fourth-order valence-corrected chi connectivity index (χ4v) is 1.87. The molecule has 0 aliphatic carbocycles. The lowest BCUT2D eigenvalue weighted by Crippen LogP contribution is -1.95. The lowest BCUT2D eigenvalue weighted by atomic mass is 10.1. The summed E-state index contributed by atoms with van der Waals surface area (Å²) < 4.78 is 10.5. The van der Waals surface area contributed by atoms with Crippen LogP contribution < -0.4 is 9.47 Å². The molecule has 1 heterocycles. The summed E-state index contributed by atoms with van der Waals surface area (Å²) in [5, 5.41) is 10.1. The normalized spacial score (nSPS) is 10.6. The van der Waals surface area contributed by atoms with Gasteiger partial charge in [0.15, 0.2) is 11.5 Å². The monoisotopic (exact) mass is 233 g/mol. The zero-order valence-corrected chi connectivity index (χ0v) is 10.2. The van der Waals surface area contributed by atoms with Crippen molar-refractivity contribution in [3.05, 3.63) is 29.5 Å². The van der Waals surface area contributed by atoms with Gasteiger partial charge in [-0.15, -0.1) is 0 Å². The molecule has 0 saturated carbocycles. The molecule has 1 aromatic carbocycles. The molecule has 0 atom stereocenters. The molecule has 0 unspecified atom stereocenters. The van der Waals surface area contributed by atoms with E-state index in [1.165, 1.54) is 0 Å². The number of aliphatic hydroxyl groups is 1. The average molecular weight is 233 g/mol. The quantitative estimate of drug-likeness (QED) is 0.881. The van der Waals surface area contributed by atoms with E-state index in [1.807, 2.05) is 25.1 Å². The molecule has 0 amide bonds. The van der Waals surface area contributed by atoms with Gasteiger partial charge in [-0.3, -0.25) is 4.98 Å². The predicted molar refractivity (Wildman–Crippen MR) is 65.5 cm³/mol. The van der Waals surface area contributed by atoms with Crippen LogP contribution in [0.3, 0.4) is 0 Å². The molecule has 0 spiro atoms. The molecule has 1 aromatic heterocycles. The molecule has 2 rings (SSSR count). The Bertz CT molecular complexity index is 552. The third-order valence-electron chi connectivity index (χ3n) is 2.74. The number of rotatable bonds is 3. The molecular weight excluding hydrogens is 218 g/mol. The van der Waals surface area contributed by atoms with Gasteiger partial charge in [-0.1, -0.05) is 0 Å². The number of aryl methyl sites for hydroxylation is 1. The number of pyridine rings is 1. The highest BCUT2D eigenvalue weighted by atomic mass is 16.5. The van der Waals surface area contributed by atoms with Gasteiger partial charge in [0.1, 0.15) is 0 Å². The van der Waals surface area contributed by atoms with Crippen molar-refractivity contribution in [1.29, 1.82) is 0 Å². The smallest absolute Gasteiger partial charge is 0.162 e. The minimum atomic E-state index is -0.0644. The van der Waals surface area contributed by atoms with Crippen LogP contribution in [0.2, 0.25) is 0 Å². The molecule has 4 nitrogen and oxygen atoms in total. The van der Waals surface area contributed by atoms with E-state index in [2.05, 4.69) is 4.98 Å². The second kappa shape index (κ2) is 4.59. The summed E-state index contributed by atoms with van der Waals surface area (Å²) in [6, 6.07) is 5.59. The summed E-state index contributed by atoms with van der Waals surface area (Å²) >= 11 is 0. The maximum Gasteiger partial charge on any atom is 0.162 e. The Morgan fingerprint density at radius 2 is 1.76 bits per heavy atom. The van der Waals surface area contributed by atoms with Gasteiger partial charge in [-0.25, -0.2) is 0 Å². The number of nitrogens with zero attached hydrogens (tertiary/aromatic N) is 1. The Hall–Kier alpha value is -1.81. The van der Waals surface area contributed by atoms with Crippen molar-refractivity contribution < 1.29 is 14.6 Å². The molecule has 0 fully saturated rings. The van der Waals surface area contributed by atoms with E-state index >= 15 is 0 Å². The van der Waals surface area contributed by atoms with Gasteiger partial charge >= 0.3 is 0 Å². The van der Waals surface area contributed by atoms with E-state index < -0.39 is 0 Å². The van der Waals surface area contributed by atoms with Crippen LogP contribution in [0.25, 0.3) is 10.9 Å². The molecule has 4 heteroatoms. The topological polar surface area (TPSA) is 51.6 Å². The van der Waals surface area contributed by atoms with Gasteiger partial charge in [-0.05, 0) is 24.6 Å². The van der Waals surface area contributed by atoms with Crippen LogP contribution >= 0.6 is 0 Å². The lowest BCUT2D eigenvalue weighted by molar-refractivity contribution is 0.277. The summed E-state index contributed by atoms with van der Waals surface area (Å²) in [5.41, 5.74) is 2.51. The van der Waals surface area contributed by atoms with E-state index in [0.717, 1.165) is 16.5 Å². The SMILES string of the molecule is COc1cc2nc(CO)cc(C)c2cc1OC. The zero-order valence-electron chi connectivity index (χ0n) is 10.2. The van der Waals surface area contributed by atoms with Gasteiger partial charge in [-0.2, -0.15) is 0 Å². The van der Waals surface area contributed by atoms with Crippen LogP contribution in [0.5, 0.6) is 11.5 Å². The minimum absolute atomic E-state index is 0.0644. The fraction of sp³-hybridized carbons (Fsp3) is 0.308. The van der Waals surface area contributed by atoms with Crippen LogP contribution in [0.4, 0.5) is 0 Å². The number of methoxy groups -OCH3 is 2. The van der Waals surface area contributed by atoms with Crippen LogP contribution in [-0.2, 0) is 6.61 Å². The molecule has 0 aliphatic heterocycles. The maximum absolute atomic E-state index is 9.13. The highest BCUT2D eigenvalue weighted by Gasteiger charge is 2.09. The lowest BCUT2D eigenvalue weighted by Gasteiger charge is -2.11. The van der Waals surface area contributed by atoms with Crippen molar-refractivity contribution in [2.24, 2.45) is 0 Å². The van der Waals surface area contributed by atoms with Crippen molar-refractivity contribution >= 4 is 10.9 Å². The van der Waals surface area contributed by atoms with Crippen LogP contribution in [-0.4, -0.2) is 24.3 Å². The predicted octanol–water partition coefficient (Wildman–Crippen LogP) is 2.05. The third kappa shape index (κ3) is 2.03. The van der Waals surface area contributed by atoms with Crippen LogP contribution in [0.15, 0.2) is 18.2 Å². The molecule has 0 saturated heterocycles. The molecule has 1 N–H and O–H groups in total. The summed E-state index contributed by atoms with van der Waals surface area (Å²) in [7, 11) is 3.20. The molecular formula is C13H15NO3. The van der Waals surface area contributed by atoms with Crippen molar-refractivity contribution in [2.75, 3.05) is 14.2 Å². The van der Waals surface area contributed by atoms with Crippen molar-refractivity contribution in [1.82, 2.24) is 4.98 Å². The Labute approximate surface area is 99.8 Å².